The first-order valence-corrected chi connectivity index (χ1v) is 6.53. The zero-order chi connectivity index (χ0) is 11.3. The third kappa shape index (κ3) is 4.16. The predicted molar refractivity (Wildman–Crippen MR) is 61.9 cm³/mol. The Bertz CT molecular complexity index is 435. The molecule has 1 aromatic rings. The van der Waals surface area contributed by atoms with Gasteiger partial charge in [-0.25, -0.2) is 8.42 Å². The summed E-state index contributed by atoms with van der Waals surface area (Å²) in [5.74, 6) is 0. The lowest BCUT2D eigenvalue weighted by molar-refractivity contribution is 0.607. The van der Waals surface area contributed by atoms with E-state index in [0.717, 1.165) is 5.56 Å². The second-order valence-electron chi connectivity index (χ2n) is 3.39. The molecule has 0 saturated heterocycles. The minimum absolute atomic E-state index is 0.346. The maximum Gasteiger partial charge on any atom is 0.172 e. The van der Waals surface area contributed by atoms with Crippen molar-refractivity contribution >= 4 is 9.84 Å². The largest absolute Gasteiger partial charge is 0.386 e. The summed E-state index contributed by atoms with van der Waals surface area (Å²) in [4.78, 5) is 0.346. The van der Waals surface area contributed by atoms with Crippen LogP contribution in [0.4, 0.5) is 0 Å². The van der Waals surface area contributed by atoms with Gasteiger partial charge in [0.05, 0.1) is 4.91 Å². The van der Waals surface area contributed by atoms with Crippen LogP contribution in [0, 0.1) is 0 Å². The molecule has 15 heavy (non-hydrogen) atoms. The molecule has 3 nitrogen and oxygen atoms in total. The highest BCUT2D eigenvalue weighted by Gasteiger charge is 2.03. The Hall–Kier alpha value is -1.29. The summed E-state index contributed by atoms with van der Waals surface area (Å²) in [6.45, 7) is 2.21. The molecular weight excluding hydrogens is 210 g/mol. The van der Waals surface area contributed by atoms with Gasteiger partial charge in [-0.1, -0.05) is 30.3 Å². The Balaban J connectivity index is 2.54. The lowest BCUT2D eigenvalue weighted by atomic mass is 10.2. The number of sulfone groups is 1. The maximum atomic E-state index is 11.1. The molecule has 0 fully saturated rings. The third-order valence-electron chi connectivity index (χ3n) is 2.04. The molecule has 0 bridgehead atoms. The van der Waals surface area contributed by atoms with E-state index in [1.54, 1.807) is 6.92 Å². The van der Waals surface area contributed by atoms with Crippen molar-refractivity contribution in [3.8, 4) is 0 Å². The van der Waals surface area contributed by atoms with Crippen LogP contribution in [-0.4, -0.2) is 14.7 Å². The van der Waals surface area contributed by atoms with E-state index in [2.05, 4.69) is 5.32 Å². The van der Waals surface area contributed by atoms with Crippen LogP contribution in [0.2, 0.25) is 0 Å². The summed E-state index contributed by atoms with van der Waals surface area (Å²) >= 11 is 0. The number of rotatable bonds is 4. The van der Waals surface area contributed by atoms with Crippen molar-refractivity contribution in [1.82, 2.24) is 5.32 Å². The van der Waals surface area contributed by atoms with Gasteiger partial charge in [-0.3, -0.25) is 0 Å². The average molecular weight is 225 g/mol. The van der Waals surface area contributed by atoms with Crippen molar-refractivity contribution in [3.05, 3.63) is 47.0 Å². The van der Waals surface area contributed by atoms with Crippen LogP contribution < -0.4 is 5.32 Å². The van der Waals surface area contributed by atoms with Crippen molar-refractivity contribution in [1.29, 1.82) is 0 Å². The second-order valence-corrected chi connectivity index (χ2v) is 5.58. The first kappa shape index (κ1) is 11.8. The fraction of sp³-hybridized carbons (Fsp3) is 0.273. The topological polar surface area (TPSA) is 46.2 Å². The monoisotopic (exact) mass is 225 g/mol. The molecule has 82 valence electrons. The van der Waals surface area contributed by atoms with E-state index in [1.807, 2.05) is 30.3 Å². The molecule has 0 saturated carbocycles. The second kappa shape index (κ2) is 4.98. The van der Waals surface area contributed by atoms with Gasteiger partial charge >= 0.3 is 0 Å². The fourth-order valence-corrected chi connectivity index (χ4v) is 1.31. The van der Waals surface area contributed by atoms with Crippen LogP contribution in [0.15, 0.2) is 41.4 Å². The minimum Gasteiger partial charge on any atom is -0.386 e. The van der Waals surface area contributed by atoms with Crippen molar-refractivity contribution < 1.29 is 8.42 Å². The smallest absolute Gasteiger partial charge is 0.172 e. The molecule has 0 unspecified atom stereocenters. The maximum absolute atomic E-state index is 11.1. The molecule has 0 radical (unpaired) electrons. The highest BCUT2D eigenvalue weighted by molar-refractivity contribution is 7.94. The van der Waals surface area contributed by atoms with Gasteiger partial charge in [0, 0.05) is 19.0 Å². The van der Waals surface area contributed by atoms with Crippen LogP contribution in [0.1, 0.15) is 12.5 Å². The molecule has 0 atom stereocenters. The van der Waals surface area contributed by atoms with Crippen LogP contribution in [0.25, 0.3) is 0 Å². The van der Waals surface area contributed by atoms with E-state index in [4.69, 9.17) is 0 Å². The first-order valence-electron chi connectivity index (χ1n) is 4.64. The Morgan fingerprint density at radius 2 is 1.93 bits per heavy atom. The van der Waals surface area contributed by atoms with Crippen molar-refractivity contribution in [2.45, 2.75) is 13.5 Å². The number of hydrogen-bond donors (Lipinski definition) is 1. The van der Waals surface area contributed by atoms with Crippen LogP contribution >= 0.6 is 0 Å². The molecule has 0 aliphatic heterocycles. The van der Waals surface area contributed by atoms with Crippen molar-refractivity contribution in [3.63, 3.8) is 0 Å². The number of benzene rings is 1. The molecule has 0 aliphatic rings. The molecule has 1 rings (SSSR count). The number of hydrogen-bond acceptors (Lipinski definition) is 3. The normalized spacial score (nSPS) is 12.5. The molecule has 0 heterocycles. The molecule has 4 heteroatoms. The van der Waals surface area contributed by atoms with Crippen molar-refractivity contribution in [2.24, 2.45) is 0 Å². The highest BCUT2D eigenvalue weighted by Crippen LogP contribution is 2.01. The first-order chi connectivity index (χ1) is 7.00. The van der Waals surface area contributed by atoms with E-state index in [9.17, 15) is 8.42 Å². The van der Waals surface area contributed by atoms with Gasteiger partial charge in [-0.2, -0.15) is 0 Å². The highest BCUT2D eigenvalue weighted by atomic mass is 32.2. The predicted octanol–water partition coefficient (Wildman–Crippen LogP) is 1.68. The summed E-state index contributed by atoms with van der Waals surface area (Å²) in [5.41, 5.74) is 1.12. The minimum atomic E-state index is -3.06. The standard InChI is InChI=1S/C11H15NO2S/c1-10(15(2,13)14)8-12-9-11-6-4-3-5-7-11/h3-8,12H,9H2,1-2H3/b10-8+. The van der Waals surface area contributed by atoms with Gasteiger partial charge in [0.1, 0.15) is 0 Å². The van der Waals surface area contributed by atoms with Crippen molar-refractivity contribution in [2.75, 3.05) is 6.26 Å². The molecule has 0 aromatic heterocycles. The fourth-order valence-electron chi connectivity index (χ4n) is 1.02. The van der Waals surface area contributed by atoms with E-state index < -0.39 is 9.84 Å². The SMILES string of the molecule is C/C(=C\NCc1ccccc1)S(C)(=O)=O. The average Bonchev–Trinajstić information content (AvgIpc) is 2.18. The Morgan fingerprint density at radius 1 is 1.33 bits per heavy atom. The Morgan fingerprint density at radius 3 is 2.47 bits per heavy atom. The summed E-state index contributed by atoms with van der Waals surface area (Å²) < 4.78 is 22.1. The summed E-state index contributed by atoms with van der Waals surface area (Å²) in [6.07, 6.45) is 2.73. The van der Waals surface area contributed by atoms with Gasteiger partial charge < -0.3 is 5.32 Å². The van der Waals surface area contributed by atoms with Crippen LogP contribution in [0.5, 0.6) is 0 Å². The van der Waals surface area contributed by atoms with E-state index in [0.29, 0.717) is 11.4 Å². The molecule has 0 aliphatic carbocycles. The zero-order valence-electron chi connectivity index (χ0n) is 8.90. The summed E-state index contributed by atoms with van der Waals surface area (Å²) in [5, 5.41) is 2.97. The van der Waals surface area contributed by atoms with E-state index >= 15 is 0 Å². The zero-order valence-corrected chi connectivity index (χ0v) is 9.71. The van der Waals surface area contributed by atoms with Gasteiger partial charge in [0.2, 0.25) is 0 Å². The van der Waals surface area contributed by atoms with Crippen LogP contribution in [-0.2, 0) is 16.4 Å². The molecule has 1 N–H and O–H groups in total. The third-order valence-corrected chi connectivity index (χ3v) is 3.33. The Kier molecular flexibility index (Phi) is 3.91. The quantitative estimate of drug-likeness (QED) is 0.848. The van der Waals surface area contributed by atoms with E-state index in [-0.39, 0.29) is 0 Å². The number of allylic oxidation sites excluding steroid dienone is 1. The molecule has 1 aromatic carbocycles. The van der Waals surface area contributed by atoms with Gasteiger partial charge in [0.25, 0.3) is 0 Å². The van der Waals surface area contributed by atoms with E-state index in [1.165, 1.54) is 12.5 Å². The number of nitrogens with one attached hydrogen (secondary N) is 1. The molecule has 0 amide bonds. The lowest BCUT2D eigenvalue weighted by Gasteiger charge is -2.02. The Labute approximate surface area is 90.7 Å². The summed E-state index contributed by atoms with van der Waals surface area (Å²) in [6, 6.07) is 9.81. The van der Waals surface area contributed by atoms with Gasteiger partial charge in [-0.15, -0.1) is 0 Å². The van der Waals surface area contributed by atoms with Crippen LogP contribution in [0.3, 0.4) is 0 Å². The molecule has 0 spiro atoms. The summed E-state index contributed by atoms with van der Waals surface area (Å²) in [7, 11) is -3.06. The lowest BCUT2D eigenvalue weighted by Crippen LogP contribution is -2.08. The molecular formula is C11H15NO2S. The van der Waals surface area contributed by atoms with Gasteiger partial charge in [-0.05, 0) is 12.5 Å². The van der Waals surface area contributed by atoms with Gasteiger partial charge in [0.15, 0.2) is 9.84 Å².